The van der Waals surface area contributed by atoms with Crippen molar-refractivity contribution in [3.63, 3.8) is 0 Å². The molecule has 2 rings (SSSR count). The Hall–Kier alpha value is -1.62. The minimum atomic E-state index is -0.274. The van der Waals surface area contributed by atoms with Crippen LogP contribution in [0.4, 0.5) is 0 Å². The molecule has 1 amide bonds. The average Bonchev–Trinajstić information content (AvgIpc) is 2.72. The molecule has 92 valence electrons. The lowest BCUT2D eigenvalue weighted by Gasteiger charge is -2.16. The second kappa shape index (κ2) is 5.14. The molecular formula is C12H17N3O2. The maximum absolute atomic E-state index is 11.8. The number of hydrogen-bond donors (Lipinski definition) is 3. The van der Waals surface area contributed by atoms with Crippen LogP contribution in [-0.2, 0) is 0 Å². The molecule has 1 aromatic heterocycles. The summed E-state index contributed by atoms with van der Waals surface area (Å²) in [6.07, 6.45) is 5.96. The van der Waals surface area contributed by atoms with Crippen molar-refractivity contribution in [1.29, 1.82) is 0 Å². The van der Waals surface area contributed by atoms with E-state index in [0.29, 0.717) is 12.5 Å². The van der Waals surface area contributed by atoms with Gasteiger partial charge >= 0.3 is 0 Å². The first-order chi connectivity index (χ1) is 8.18. The van der Waals surface area contributed by atoms with E-state index in [1.54, 1.807) is 0 Å². The summed E-state index contributed by atoms with van der Waals surface area (Å²) < 4.78 is 0. The van der Waals surface area contributed by atoms with Crippen LogP contribution in [0.15, 0.2) is 18.5 Å². The molecule has 2 atom stereocenters. The highest BCUT2D eigenvalue weighted by Gasteiger charge is 2.24. The quantitative estimate of drug-likeness (QED) is 0.717. The molecule has 0 aromatic carbocycles. The molecule has 1 fully saturated rings. The van der Waals surface area contributed by atoms with E-state index in [1.165, 1.54) is 18.5 Å². The van der Waals surface area contributed by atoms with Crippen molar-refractivity contribution in [3.8, 4) is 5.75 Å². The molecule has 2 unspecified atom stereocenters. The Morgan fingerprint density at radius 3 is 3.06 bits per heavy atom. The third-order valence-corrected chi connectivity index (χ3v) is 3.29. The molecule has 1 aliphatic rings. The molecule has 0 radical (unpaired) electrons. The van der Waals surface area contributed by atoms with Crippen molar-refractivity contribution in [1.82, 2.24) is 10.3 Å². The van der Waals surface area contributed by atoms with E-state index < -0.39 is 0 Å². The van der Waals surface area contributed by atoms with Gasteiger partial charge in [-0.05, 0) is 24.8 Å². The van der Waals surface area contributed by atoms with Gasteiger partial charge in [0.2, 0.25) is 0 Å². The van der Waals surface area contributed by atoms with E-state index >= 15 is 0 Å². The number of pyridine rings is 1. The van der Waals surface area contributed by atoms with E-state index in [-0.39, 0.29) is 23.3 Å². The summed E-state index contributed by atoms with van der Waals surface area (Å²) in [5.74, 6) is -0.0207. The van der Waals surface area contributed by atoms with Crippen molar-refractivity contribution >= 4 is 5.91 Å². The fourth-order valence-corrected chi connectivity index (χ4v) is 2.22. The molecule has 0 spiro atoms. The van der Waals surface area contributed by atoms with Crippen molar-refractivity contribution in [2.24, 2.45) is 11.7 Å². The first kappa shape index (κ1) is 11.9. The number of carbonyl (C=O) groups excluding carboxylic acids is 1. The number of aromatic hydroxyl groups is 1. The number of nitrogens with one attached hydrogen (secondary N) is 1. The summed E-state index contributed by atoms with van der Waals surface area (Å²) in [7, 11) is 0. The highest BCUT2D eigenvalue weighted by atomic mass is 16.3. The Labute approximate surface area is 100 Å². The molecule has 4 N–H and O–H groups in total. The van der Waals surface area contributed by atoms with Crippen LogP contribution in [0.2, 0.25) is 0 Å². The lowest BCUT2D eigenvalue weighted by molar-refractivity contribution is 0.0943. The Morgan fingerprint density at radius 2 is 2.41 bits per heavy atom. The van der Waals surface area contributed by atoms with Crippen LogP contribution in [0.1, 0.15) is 29.6 Å². The van der Waals surface area contributed by atoms with E-state index in [0.717, 1.165) is 19.3 Å². The summed E-state index contributed by atoms with van der Waals surface area (Å²) in [6, 6.07) is 1.68. The summed E-state index contributed by atoms with van der Waals surface area (Å²) >= 11 is 0. The number of aromatic nitrogens is 1. The molecular weight excluding hydrogens is 218 g/mol. The van der Waals surface area contributed by atoms with E-state index in [2.05, 4.69) is 10.3 Å². The molecule has 17 heavy (non-hydrogen) atoms. The molecule has 1 aliphatic carbocycles. The number of nitrogens with zero attached hydrogens (tertiary/aromatic N) is 1. The smallest absolute Gasteiger partial charge is 0.255 e. The van der Waals surface area contributed by atoms with Gasteiger partial charge in [0.25, 0.3) is 5.91 Å². The van der Waals surface area contributed by atoms with Gasteiger partial charge in [0, 0.05) is 18.8 Å². The molecule has 1 saturated carbocycles. The zero-order valence-corrected chi connectivity index (χ0v) is 9.60. The Morgan fingerprint density at radius 1 is 1.59 bits per heavy atom. The second-order valence-corrected chi connectivity index (χ2v) is 4.46. The van der Waals surface area contributed by atoms with E-state index in [4.69, 9.17) is 5.73 Å². The lowest BCUT2D eigenvalue weighted by Crippen LogP contribution is -2.36. The van der Waals surface area contributed by atoms with Crippen LogP contribution in [-0.4, -0.2) is 28.6 Å². The molecule has 0 aliphatic heterocycles. The first-order valence-corrected chi connectivity index (χ1v) is 5.85. The fourth-order valence-electron chi connectivity index (χ4n) is 2.22. The van der Waals surface area contributed by atoms with Crippen molar-refractivity contribution in [3.05, 3.63) is 24.0 Å². The predicted octanol–water partition coefficient (Wildman–Crippen LogP) is 0.644. The Bertz CT molecular complexity index is 408. The van der Waals surface area contributed by atoms with E-state index in [1.807, 2.05) is 0 Å². The van der Waals surface area contributed by atoms with Gasteiger partial charge in [0.1, 0.15) is 5.75 Å². The Balaban J connectivity index is 1.91. The maximum atomic E-state index is 11.8. The summed E-state index contributed by atoms with van der Waals surface area (Å²) in [4.78, 5) is 15.5. The van der Waals surface area contributed by atoms with Crippen LogP contribution >= 0.6 is 0 Å². The van der Waals surface area contributed by atoms with Gasteiger partial charge in [-0.2, -0.15) is 0 Å². The fraction of sp³-hybridized carbons (Fsp3) is 0.500. The van der Waals surface area contributed by atoms with Gasteiger partial charge in [-0.1, -0.05) is 6.42 Å². The normalized spacial score (nSPS) is 23.6. The standard InChI is InChI=1S/C12H17N3O2/c13-10-3-1-2-8(10)6-15-12(17)9-4-5-14-7-11(9)16/h4-5,7-8,10,16H,1-3,6,13H2,(H,15,17). The number of carbonyl (C=O) groups is 1. The number of hydrogen-bond acceptors (Lipinski definition) is 4. The van der Waals surface area contributed by atoms with Crippen LogP contribution in [0.25, 0.3) is 0 Å². The van der Waals surface area contributed by atoms with Crippen molar-refractivity contribution in [2.45, 2.75) is 25.3 Å². The molecule has 5 nitrogen and oxygen atoms in total. The molecule has 0 bridgehead atoms. The largest absolute Gasteiger partial charge is 0.505 e. The van der Waals surface area contributed by atoms with Gasteiger partial charge in [-0.3, -0.25) is 9.78 Å². The Kier molecular flexibility index (Phi) is 3.58. The topological polar surface area (TPSA) is 88.2 Å². The molecule has 5 heteroatoms. The number of rotatable bonds is 3. The highest BCUT2D eigenvalue weighted by Crippen LogP contribution is 2.23. The van der Waals surface area contributed by atoms with Gasteiger partial charge in [-0.15, -0.1) is 0 Å². The molecule has 1 heterocycles. The minimum absolute atomic E-state index is 0.0966. The third-order valence-electron chi connectivity index (χ3n) is 3.29. The van der Waals surface area contributed by atoms with Crippen LogP contribution in [0, 0.1) is 5.92 Å². The van der Waals surface area contributed by atoms with Gasteiger partial charge in [0.05, 0.1) is 11.8 Å². The minimum Gasteiger partial charge on any atom is -0.505 e. The number of nitrogens with two attached hydrogens (primary N) is 1. The zero-order chi connectivity index (χ0) is 12.3. The van der Waals surface area contributed by atoms with Crippen molar-refractivity contribution < 1.29 is 9.90 Å². The summed E-state index contributed by atoms with van der Waals surface area (Å²) in [5.41, 5.74) is 6.18. The van der Waals surface area contributed by atoms with E-state index in [9.17, 15) is 9.90 Å². The lowest BCUT2D eigenvalue weighted by atomic mass is 10.0. The average molecular weight is 235 g/mol. The van der Waals surface area contributed by atoms with Gasteiger partial charge in [-0.25, -0.2) is 0 Å². The molecule has 1 aromatic rings. The second-order valence-electron chi connectivity index (χ2n) is 4.46. The van der Waals surface area contributed by atoms with Crippen LogP contribution in [0.3, 0.4) is 0 Å². The highest BCUT2D eigenvalue weighted by molar-refractivity contribution is 5.96. The van der Waals surface area contributed by atoms with Gasteiger partial charge in [0.15, 0.2) is 0 Å². The summed E-state index contributed by atoms with van der Waals surface area (Å²) in [6.45, 7) is 0.571. The predicted molar refractivity (Wildman–Crippen MR) is 63.6 cm³/mol. The van der Waals surface area contributed by atoms with Gasteiger partial charge < -0.3 is 16.2 Å². The summed E-state index contributed by atoms with van der Waals surface area (Å²) in [5, 5.41) is 12.3. The van der Waals surface area contributed by atoms with Crippen LogP contribution < -0.4 is 11.1 Å². The first-order valence-electron chi connectivity index (χ1n) is 5.85. The van der Waals surface area contributed by atoms with Crippen molar-refractivity contribution in [2.75, 3.05) is 6.54 Å². The molecule has 0 saturated heterocycles. The third kappa shape index (κ3) is 2.74. The number of amides is 1. The monoisotopic (exact) mass is 235 g/mol. The zero-order valence-electron chi connectivity index (χ0n) is 9.60. The SMILES string of the molecule is NC1CCCC1CNC(=O)c1ccncc1O. The maximum Gasteiger partial charge on any atom is 0.255 e. The van der Waals surface area contributed by atoms with Crippen LogP contribution in [0.5, 0.6) is 5.75 Å².